The lowest BCUT2D eigenvalue weighted by molar-refractivity contribution is 0.310. The Morgan fingerprint density at radius 1 is 1.21 bits per heavy atom. The molecule has 0 saturated carbocycles. The SMILES string of the molecule is CCOc1cc(CNC(=NC)NCc2ccnn2C)ccc1OC. The maximum Gasteiger partial charge on any atom is 0.191 e. The van der Waals surface area contributed by atoms with Crippen LogP contribution in [-0.2, 0) is 20.1 Å². The highest BCUT2D eigenvalue weighted by Gasteiger charge is 2.06. The van der Waals surface area contributed by atoms with Crippen LogP contribution in [-0.4, -0.2) is 36.5 Å². The first-order valence-corrected chi connectivity index (χ1v) is 7.89. The van der Waals surface area contributed by atoms with Crippen LogP contribution in [0.5, 0.6) is 11.5 Å². The normalized spacial score (nSPS) is 11.2. The number of rotatable bonds is 7. The number of benzene rings is 1. The third-order valence-corrected chi connectivity index (χ3v) is 3.57. The van der Waals surface area contributed by atoms with E-state index in [0.29, 0.717) is 19.7 Å². The number of nitrogens with one attached hydrogen (secondary N) is 2. The fourth-order valence-corrected chi connectivity index (χ4v) is 2.25. The van der Waals surface area contributed by atoms with Crippen LogP contribution in [0.3, 0.4) is 0 Å². The zero-order chi connectivity index (χ0) is 17.4. The molecule has 130 valence electrons. The van der Waals surface area contributed by atoms with Gasteiger partial charge in [-0.25, -0.2) is 0 Å². The Morgan fingerprint density at radius 3 is 2.62 bits per heavy atom. The van der Waals surface area contributed by atoms with Crippen LogP contribution < -0.4 is 20.1 Å². The van der Waals surface area contributed by atoms with E-state index in [9.17, 15) is 0 Å². The molecule has 1 aromatic heterocycles. The highest BCUT2D eigenvalue weighted by atomic mass is 16.5. The summed E-state index contributed by atoms with van der Waals surface area (Å²) < 4.78 is 12.7. The van der Waals surface area contributed by atoms with Crippen molar-refractivity contribution in [3.8, 4) is 11.5 Å². The van der Waals surface area contributed by atoms with E-state index in [1.165, 1.54) is 0 Å². The van der Waals surface area contributed by atoms with Gasteiger partial charge in [-0.1, -0.05) is 6.07 Å². The number of aromatic nitrogens is 2. The molecule has 7 heteroatoms. The summed E-state index contributed by atoms with van der Waals surface area (Å²) in [6.07, 6.45) is 1.78. The molecule has 0 radical (unpaired) electrons. The number of aliphatic imine (C=N–C) groups is 1. The molecule has 0 atom stereocenters. The topological polar surface area (TPSA) is 72.7 Å². The lowest BCUT2D eigenvalue weighted by atomic mass is 10.2. The van der Waals surface area contributed by atoms with Crippen LogP contribution in [0.15, 0.2) is 35.5 Å². The second kappa shape index (κ2) is 8.81. The Hall–Kier alpha value is -2.70. The molecule has 0 spiro atoms. The molecule has 0 aliphatic rings. The Morgan fingerprint density at radius 2 is 2.00 bits per heavy atom. The van der Waals surface area contributed by atoms with Crippen LogP contribution in [0, 0.1) is 0 Å². The fraction of sp³-hybridized carbons (Fsp3) is 0.412. The molecular formula is C17H25N5O2. The van der Waals surface area contributed by atoms with Gasteiger partial charge < -0.3 is 20.1 Å². The van der Waals surface area contributed by atoms with Crippen LogP contribution in [0.1, 0.15) is 18.2 Å². The van der Waals surface area contributed by atoms with E-state index in [2.05, 4.69) is 20.7 Å². The Bertz CT molecular complexity index is 681. The summed E-state index contributed by atoms with van der Waals surface area (Å²) in [7, 11) is 5.30. The van der Waals surface area contributed by atoms with E-state index in [-0.39, 0.29) is 0 Å². The second-order valence-electron chi connectivity index (χ2n) is 5.14. The van der Waals surface area contributed by atoms with Crippen molar-refractivity contribution in [2.45, 2.75) is 20.0 Å². The van der Waals surface area contributed by atoms with E-state index in [1.807, 2.05) is 42.9 Å². The van der Waals surface area contributed by atoms with Gasteiger partial charge in [0.1, 0.15) is 0 Å². The summed E-state index contributed by atoms with van der Waals surface area (Å²) in [5.41, 5.74) is 2.17. The minimum absolute atomic E-state index is 0.598. The third kappa shape index (κ3) is 4.65. The molecule has 2 aromatic rings. The smallest absolute Gasteiger partial charge is 0.191 e. The first-order valence-electron chi connectivity index (χ1n) is 7.89. The summed E-state index contributed by atoms with van der Waals surface area (Å²) in [6, 6.07) is 7.86. The molecule has 1 heterocycles. The fourth-order valence-electron chi connectivity index (χ4n) is 2.25. The van der Waals surface area contributed by atoms with Crippen molar-refractivity contribution in [3.63, 3.8) is 0 Å². The van der Waals surface area contributed by atoms with Gasteiger partial charge in [0, 0.05) is 26.8 Å². The van der Waals surface area contributed by atoms with Gasteiger partial charge in [-0.3, -0.25) is 9.67 Å². The van der Waals surface area contributed by atoms with Gasteiger partial charge in [-0.2, -0.15) is 5.10 Å². The maximum atomic E-state index is 5.60. The molecule has 0 aliphatic carbocycles. The molecule has 0 saturated heterocycles. The number of hydrogen-bond acceptors (Lipinski definition) is 4. The van der Waals surface area contributed by atoms with E-state index >= 15 is 0 Å². The van der Waals surface area contributed by atoms with Crippen molar-refractivity contribution in [1.29, 1.82) is 0 Å². The maximum absolute atomic E-state index is 5.60. The summed E-state index contributed by atoms with van der Waals surface area (Å²) in [5, 5.41) is 10.7. The number of methoxy groups -OCH3 is 1. The molecule has 1 aromatic carbocycles. The molecule has 0 bridgehead atoms. The lowest BCUT2D eigenvalue weighted by Crippen LogP contribution is -2.36. The van der Waals surface area contributed by atoms with E-state index in [0.717, 1.165) is 28.7 Å². The summed E-state index contributed by atoms with van der Waals surface area (Å²) in [6.45, 7) is 3.84. The van der Waals surface area contributed by atoms with Crippen LogP contribution in [0.4, 0.5) is 0 Å². The summed E-state index contributed by atoms with van der Waals surface area (Å²) >= 11 is 0. The molecule has 0 fully saturated rings. The van der Waals surface area contributed by atoms with Crippen LogP contribution in [0.2, 0.25) is 0 Å². The Labute approximate surface area is 142 Å². The minimum atomic E-state index is 0.598. The zero-order valence-electron chi connectivity index (χ0n) is 14.7. The zero-order valence-corrected chi connectivity index (χ0v) is 14.7. The van der Waals surface area contributed by atoms with Crippen molar-refractivity contribution in [2.24, 2.45) is 12.0 Å². The van der Waals surface area contributed by atoms with Gasteiger partial charge in [0.2, 0.25) is 0 Å². The van der Waals surface area contributed by atoms with Crippen LogP contribution in [0.25, 0.3) is 0 Å². The lowest BCUT2D eigenvalue weighted by Gasteiger charge is -2.14. The first-order chi connectivity index (χ1) is 11.7. The molecule has 0 unspecified atom stereocenters. The van der Waals surface area contributed by atoms with Crippen LogP contribution >= 0.6 is 0 Å². The third-order valence-electron chi connectivity index (χ3n) is 3.57. The number of aryl methyl sites for hydroxylation is 1. The van der Waals surface area contributed by atoms with Gasteiger partial charge in [0.25, 0.3) is 0 Å². The molecule has 2 N–H and O–H groups in total. The minimum Gasteiger partial charge on any atom is -0.493 e. The van der Waals surface area contributed by atoms with E-state index in [4.69, 9.17) is 9.47 Å². The van der Waals surface area contributed by atoms with Crippen molar-refractivity contribution < 1.29 is 9.47 Å². The Balaban J connectivity index is 1.93. The van der Waals surface area contributed by atoms with E-state index in [1.54, 1.807) is 20.4 Å². The summed E-state index contributed by atoms with van der Waals surface area (Å²) in [5.74, 6) is 2.21. The van der Waals surface area contributed by atoms with Crippen molar-refractivity contribution in [1.82, 2.24) is 20.4 Å². The Kier molecular flexibility index (Phi) is 6.48. The molecular weight excluding hydrogens is 306 g/mol. The molecule has 0 amide bonds. The van der Waals surface area contributed by atoms with Gasteiger partial charge in [-0.15, -0.1) is 0 Å². The predicted molar refractivity (Wildman–Crippen MR) is 94.4 cm³/mol. The van der Waals surface area contributed by atoms with Gasteiger partial charge >= 0.3 is 0 Å². The van der Waals surface area contributed by atoms with E-state index < -0.39 is 0 Å². The first kappa shape index (κ1) is 17.7. The summed E-state index contributed by atoms with van der Waals surface area (Å²) in [4.78, 5) is 4.23. The van der Waals surface area contributed by atoms with Gasteiger partial charge in [0.15, 0.2) is 17.5 Å². The quantitative estimate of drug-likeness (QED) is 0.597. The molecule has 2 rings (SSSR count). The number of hydrogen-bond donors (Lipinski definition) is 2. The monoisotopic (exact) mass is 331 g/mol. The standard InChI is InChI=1S/C17H25N5O2/c1-5-24-16-10-13(6-7-15(16)23-4)11-19-17(18-2)20-12-14-8-9-21-22(14)3/h6-10H,5,11-12H2,1-4H3,(H2,18,19,20). The van der Waals surface area contributed by atoms with Crippen molar-refractivity contribution in [2.75, 3.05) is 20.8 Å². The average molecular weight is 331 g/mol. The second-order valence-corrected chi connectivity index (χ2v) is 5.14. The number of guanidine groups is 1. The van der Waals surface area contributed by atoms with Crippen molar-refractivity contribution in [3.05, 3.63) is 41.7 Å². The predicted octanol–water partition coefficient (Wildman–Crippen LogP) is 1.69. The van der Waals surface area contributed by atoms with Gasteiger partial charge in [-0.05, 0) is 30.7 Å². The van der Waals surface area contributed by atoms with Crippen molar-refractivity contribution >= 4 is 5.96 Å². The highest BCUT2D eigenvalue weighted by molar-refractivity contribution is 5.79. The average Bonchev–Trinajstić information content (AvgIpc) is 3.00. The molecule has 24 heavy (non-hydrogen) atoms. The number of nitrogens with zero attached hydrogens (tertiary/aromatic N) is 3. The molecule has 0 aliphatic heterocycles. The highest BCUT2D eigenvalue weighted by Crippen LogP contribution is 2.27. The molecule has 7 nitrogen and oxygen atoms in total. The largest absolute Gasteiger partial charge is 0.493 e. The number of ether oxygens (including phenoxy) is 2. The van der Waals surface area contributed by atoms with Gasteiger partial charge in [0.05, 0.1) is 26.0 Å².